The molecule has 4 nitrogen and oxygen atoms in total. The molecule has 0 spiro atoms. The highest BCUT2D eigenvalue weighted by Gasteiger charge is 2.31. The van der Waals surface area contributed by atoms with Crippen molar-refractivity contribution in [3.8, 4) is 11.5 Å². The molecule has 138 valence electrons. The SMILES string of the molecule is COc1ccc(CC2CCC(=O)N2Cc2ccc(F)c(F)c2)cc1OC. The van der Waals surface area contributed by atoms with Crippen LogP contribution >= 0.6 is 0 Å². The second-order valence-corrected chi connectivity index (χ2v) is 6.36. The number of carbonyl (C=O) groups excluding carboxylic acids is 1. The fraction of sp³-hybridized carbons (Fsp3) is 0.350. The molecule has 0 N–H and O–H groups in total. The van der Waals surface area contributed by atoms with E-state index in [4.69, 9.17) is 9.47 Å². The molecule has 2 aromatic carbocycles. The van der Waals surface area contributed by atoms with Crippen molar-refractivity contribution in [1.82, 2.24) is 4.90 Å². The molecule has 1 fully saturated rings. The van der Waals surface area contributed by atoms with Gasteiger partial charge in [0.15, 0.2) is 23.1 Å². The Morgan fingerprint density at radius 3 is 2.42 bits per heavy atom. The second kappa shape index (κ2) is 7.72. The Bertz CT molecular complexity index is 810. The van der Waals surface area contributed by atoms with Crippen molar-refractivity contribution in [2.75, 3.05) is 14.2 Å². The number of rotatable bonds is 6. The van der Waals surface area contributed by atoms with E-state index in [0.29, 0.717) is 29.9 Å². The van der Waals surface area contributed by atoms with Crippen molar-refractivity contribution >= 4 is 5.91 Å². The lowest BCUT2D eigenvalue weighted by atomic mass is 10.0. The van der Waals surface area contributed by atoms with Gasteiger partial charge >= 0.3 is 0 Å². The van der Waals surface area contributed by atoms with E-state index in [1.165, 1.54) is 6.07 Å². The largest absolute Gasteiger partial charge is 0.493 e. The summed E-state index contributed by atoms with van der Waals surface area (Å²) in [6, 6.07) is 9.44. The lowest BCUT2D eigenvalue weighted by Gasteiger charge is -2.25. The fourth-order valence-corrected chi connectivity index (χ4v) is 3.34. The van der Waals surface area contributed by atoms with Gasteiger partial charge in [-0.05, 0) is 48.2 Å². The van der Waals surface area contributed by atoms with E-state index >= 15 is 0 Å². The summed E-state index contributed by atoms with van der Waals surface area (Å²) < 4.78 is 37.1. The van der Waals surface area contributed by atoms with Gasteiger partial charge < -0.3 is 14.4 Å². The number of amides is 1. The maximum absolute atomic E-state index is 13.4. The normalized spacial score (nSPS) is 16.8. The van der Waals surface area contributed by atoms with Crippen LogP contribution in [-0.2, 0) is 17.8 Å². The highest BCUT2D eigenvalue weighted by Crippen LogP contribution is 2.30. The van der Waals surface area contributed by atoms with Crippen molar-refractivity contribution in [1.29, 1.82) is 0 Å². The molecule has 0 radical (unpaired) electrons. The van der Waals surface area contributed by atoms with Gasteiger partial charge in [0.1, 0.15) is 0 Å². The highest BCUT2D eigenvalue weighted by molar-refractivity contribution is 5.78. The minimum absolute atomic E-state index is 0.00807. The van der Waals surface area contributed by atoms with Gasteiger partial charge in [0.05, 0.1) is 14.2 Å². The molecular weight excluding hydrogens is 340 g/mol. The summed E-state index contributed by atoms with van der Waals surface area (Å²) >= 11 is 0. The highest BCUT2D eigenvalue weighted by atomic mass is 19.2. The monoisotopic (exact) mass is 361 g/mol. The average Bonchev–Trinajstić information content (AvgIpc) is 2.98. The number of halogens is 2. The van der Waals surface area contributed by atoms with E-state index in [1.807, 2.05) is 18.2 Å². The lowest BCUT2D eigenvalue weighted by molar-refractivity contribution is -0.129. The third-order valence-corrected chi connectivity index (χ3v) is 4.71. The molecular formula is C20H21F2NO3. The quantitative estimate of drug-likeness (QED) is 0.787. The number of carbonyl (C=O) groups is 1. The van der Waals surface area contributed by atoms with Crippen molar-refractivity contribution in [2.45, 2.75) is 31.8 Å². The lowest BCUT2D eigenvalue weighted by Crippen LogP contribution is -2.34. The molecule has 1 atom stereocenters. The zero-order valence-electron chi connectivity index (χ0n) is 14.8. The molecule has 2 aromatic rings. The summed E-state index contributed by atoms with van der Waals surface area (Å²) in [4.78, 5) is 14.0. The molecule has 26 heavy (non-hydrogen) atoms. The predicted octanol–water partition coefficient (Wildman–Crippen LogP) is 3.72. The Hall–Kier alpha value is -2.63. The Morgan fingerprint density at radius 1 is 1.00 bits per heavy atom. The first kappa shape index (κ1) is 18.2. The molecule has 6 heteroatoms. The van der Waals surface area contributed by atoms with E-state index in [9.17, 15) is 13.6 Å². The molecule has 0 aliphatic carbocycles. The minimum atomic E-state index is -0.898. The van der Waals surface area contributed by atoms with E-state index < -0.39 is 11.6 Å². The van der Waals surface area contributed by atoms with Crippen LogP contribution in [0.1, 0.15) is 24.0 Å². The molecule has 0 bridgehead atoms. The van der Waals surface area contributed by atoms with Crippen LogP contribution in [-0.4, -0.2) is 31.1 Å². The summed E-state index contributed by atoms with van der Waals surface area (Å²) in [7, 11) is 3.16. The van der Waals surface area contributed by atoms with Crippen molar-refractivity contribution in [3.05, 3.63) is 59.2 Å². The molecule has 0 saturated carbocycles. The minimum Gasteiger partial charge on any atom is -0.493 e. The maximum Gasteiger partial charge on any atom is 0.223 e. The molecule has 1 unspecified atom stereocenters. The third-order valence-electron chi connectivity index (χ3n) is 4.71. The van der Waals surface area contributed by atoms with Gasteiger partial charge in [0.25, 0.3) is 0 Å². The van der Waals surface area contributed by atoms with Gasteiger partial charge in [-0.3, -0.25) is 4.79 Å². The smallest absolute Gasteiger partial charge is 0.223 e. The topological polar surface area (TPSA) is 38.8 Å². The number of likely N-dealkylation sites (tertiary alicyclic amines) is 1. The van der Waals surface area contributed by atoms with Crippen LogP contribution in [0.3, 0.4) is 0 Å². The van der Waals surface area contributed by atoms with Gasteiger partial charge in [-0.15, -0.1) is 0 Å². The van der Waals surface area contributed by atoms with Crippen LogP contribution in [0.25, 0.3) is 0 Å². The summed E-state index contributed by atoms with van der Waals surface area (Å²) in [5, 5.41) is 0. The number of hydrogen-bond donors (Lipinski definition) is 0. The Balaban J connectivity index is 1.76. The van der Waals surface area contributed by atoms with E-state index in [2.05, 4.69) is 0 Å². The zero-order chi connectivity index (χ0) is 18.7. The van der Waals surface area contributed by atoms with Crippen LogP contribution in [0.4, 0.5) is 8.78 Å². The maximum atomic E-state index is 13.4. The van der Waals surface area contributed by atoms with Crippen LogP contribution in [0.2, 0.25) is 0 Å². The molecule has 0 aromatic heterocycles. The van der Waals surface area contributed by atoms with Gasteiger partial charge in [0, 0.05) is 19.0 Å². The molecule has 1 saturated heterocycles. The van der Waals surface area contributed by atoms with Crippen molar-refractivity contribution < 1.29 is 23.0 Å². The first-order valence-electron chi connectivity index (χ1n) is 8.46. The Kier molecular flexibility index (Phi) is 5.40. The standard InChI is InChI=1S/C20H21F2NO3/c1-25-18-7-4-13(11-19(18)26-2)9-15-5-8-20(24)23(15)12-14-3-6-16(21)17(22)10-14/h3-4,6-7,10-11,15H,5,8-9,12H2,1-2H3. The van der Waals surface area contributed by atoms with Gasteiger partial charge in [0.2, 0.25) is 5.91 Å². The summed E-state index contributed by atoms with van der Waals surface area (Å²) in [6.45, 7) is 0.272. The summed E-state index contributed by atoms with van der Waals surface area (Å²) in [5.41, 5.74) is 1.61. The number of ether oxygens (including phenoxy) is 2. The zero-order valence-corrected chi connectivity index (χ0v) is 14.8. The van der Waals surface area contributed by atoms with Crippen molar-refractivity contribution in [2.24, 2.45) is 0 Å². The van der Waals surface area contributed by atoms with Gasteiger partial charge in [-0.2, -0.15) is 0 Å². The predicted molar refractivity (Wildman–Crippen MR) is 93.2 cm³/mol. The second-order valence-electron chi connectivity index (χ2n) is 6.36. The Labute approximate surface area is 151 Å². The van der Waals surface area contributed by atoms with Gasteiger partial charge in [-0.1, -0.05) is 12.1 Å². The number of nitrogens with zero attached hydrogens (tertiary/aromatic N) is 1. The number of methoxy groups -OCH3 is 2. The third kappa shape index (κ3) is 3.79. The fourth-order valence-electron chi connectivity index (χ4n) is 3.34. The summed E-state index contributed by atoms with van der Waals surface area (Å²) in [6.07, 6.45) is 1.86. The van der Waals surface area contributed by atoms with Crippen LogP contribution in [0.15, 0.2) is 36.4 Å². The van der Waals surface area contributed by atoms with Crippen LogP contribution < -0.4 is 9.47 Å². The first-order chi connectivity index (χ1) is 12.5. The molecule has 1 amide bonds. The Morgan fingerprint density at radius 2 is 1.73 bits per heavy atom. The molecule has 1 aliphatic heterocycles. The summed E-state index contributed by atoms with van der Waals surface area (Å²) in [5.74, 6) is -0.465. The van der Waals surface area contributed by atoms with Crippen LogP contribution in [0.5, 0.6) is 11.5 Å². The number of benzene rings is 2. The number of hydrogen-bond acceptors (Lipinski definition) is 3. The van der Waals surface area contributed by atoms with E-state index in [1.54, 1.807) is 19.1 Å². The molecule has 3 rings (SSSR count). The molecule has 1 heterocycles. The van der Waals surface area contributed by atoms with Crippen LogP contribution in [0, 0.1) is 11.6 Å². The van der Waals surface area contributed by atoms with E-state index in [-0.39, 0.29) is 18.5 Å². The van der Waals surface area contributed by atoms with Gasteiger partial charge in [-0.25, -0.2) is 8.78 Å². The van der Waals surface area contributed by atoms with Crippen molar-refractivity contribution in [3.63, 3.8) is 0 Å². The molecule has 1 aliphatic rings. The van der Waals surface area contributed by atoms with E-state index in [0.717, 1.165) is 24.1 Å². The first-order valence-corrected chi connectivity index (χ1v) is 8.46. The average molecular weight is 361 g/mol.